The van der Waals surface area contributed by atoms with Crippen LogP contribution < -0.4 is 0 Å². The highest BCUT2D eigenvalue weighted by Gasteiger charge is 2.71. The van der Waals surface area contributed by atoms with Gasteiger partial charge >= 0.3 is 5.97 Å². The first-order chi connectivity index (χ1) is 14.4. The fraction of sp³-hybridized carbons (Fsp3) is 0.550. The molecule has 170 valence electrons. The van der Waals surface area contributed by atoms with E-state index >= 15 is 0 Å². The zero-order valence-electron chi connectivity index (χ0n) is 17.3. The lowest BCUT2D eigenvalue weighted by atomic mass is 9.95. The van der Waals surface area contributed by atoms with Gasteiger partial charge in [0.2, 0.25) is 5.60 Å². The molecular formula is C20H25NO7S3. The molecule has 1 unspecified atom stereocenters. The largest absolute Gasteiger partial charge is 0.748 e. The third-order valence-corrected chi connectivity index (χ3v) is 8.32. The van der Waals surface area contributed by atoms with Gasteiger partial charge in [-0.25, -0.2) is 13.2 Å². The van der Waals surface area contributed by atoms with Crippen LogP contribution in [0.3, 0.4) is 0 Å². The number of piperidine rings is 1. The Bertz CT molecular complexity index is 971. The number of epoxide rings is 1. The number of morpholine rings is 1. The molecule has 0 aromatic carbocycles. The van der Waals surface area contributed by atoms with Crippen LogP contribution in [-0.2, 0) is 30.0 Å². The van der Waals surface area contributed by atoms with E-state index in [1.54, 1.807) is 12.1 Å². The highest BCUT2D eigenvalue weighted by molar-refractivity contribution is 7.84. The van der Waals surface area contributed by atoms with Crippen LogP contribution in [0.25, 0.3) is 0 Å². The first kappa shape index (κ1) is 22.8. The first-order valence-electron chi connectivity index (χ1n) is 9.83. The van der Waals surface area contributed by atoms with E-state index in [0.717, 1.165) is 17.3 Å². The maximum absolute atomic E-state index is 13.1. The zero-order chi connectivity index (χ0) is 22.6. The molecule has 2 aromatic rings. The average Bonchev–Trinajstić information content (AvgIpc) is 3.01. The van der Waals surface area contributed by atoms with Crippen molar-refractivity contribution in [3.8, 4) is 0 Å². The van der Waals surface area contributed by atoms with E-state index in [9.17, 15) is 9.90 Å². The molecule has 0 spiro atoms. The second-order valence-corrected chi connectivity index (χ2v) is 12.0. The molecular weight excluding hydrogens is 462 g/mol. The number of carbonyl (C=O) groups excluding carboxylic acids is 1. The number of thiophene rings is 2. The number of quaternary nitrogens is 1. The molecule has 2 aromatic heterocycles. The van der Waals surface area contributed by atoms with E-state index in [4.69, 9.17) is 22.4 Å². The number of ether oxygens (including phenoxy) is 2. The number of rotatable bonds is 4. The summed E-state index contributed by atoms with van der Waals surface area (Å²) in [4.78, 5) is 14.3. The molecule has 3 saturated heterocycles. The lowest BCUT2D eigenvalue weighted by Gasteiger charge is -2.45. The predicted octanol–water partition coefficient (Wildman–Crippen LogP) is 1.51. The van der Waals surface area contributed by atoms with Crippen LogP contribution in [0.5, 0.6) is 0 Å². The summed E-state index contributed by atoms with van der Waals surface area (Å²) in [6.45, 7) is 0. The van der Waals surface area contributed by atoms with Crippen LogP contribution in [0.2, 0.25) is 0 Å². The maximum Gasteiger partial charge on any atom is 0.349 e. The van der Waals surface area contributed by atoms with Gasteiger partial charge in [0.1, 0.15) is 30.4 Å². The standard InChI is InChI=1S/C19H22NO4S2.CH4O3S/c1-20(2)12-9-11(10-13(20)17-16(12)24-17)23-18(21)19(22,14-5-3-7-25-14)15-6-4-8-26-15;1-5(2,3)4/h3-8,11-13,16-17,22H,9-10H2,1-2H3;1H3,(H,2,3,4)/q+1;/p-1/t11?,12-,13+,16-,17+;. The second kappa shape index (κ2) is 7.91. The molecule has 0 amide bonds. The average molecular weight is 488 g/mol. The number of nitrogens with zero attached hydrogens (tertiary/aromatic N) is 1. The summed E-state index contributed by atoms with van der Waals surface area (Å²) in [5.41, 5.74) is -1.72. The van der Waals surface area contributed by atoms with Gasteiger partial charge in [0.15, 0.2) is 0 Å². The smallest absolute Gasteiger partial charge is 0.349 e. The number of esters is 1. The molecule has 3 aliphatic heterocycles. The van der Waals surface area contributed by atoms with Crippen LogP contribution in [0, 0.1) is 0 Å². The molecule has 5 rings (SSSR count). The summed E-state index contributed by atoms with van der Waals surface area (Å²) in [6.07, 6.45) is 2.65. The number of aliphatic hydroxyl groups is 1. The van der Waals surface area contributed by atoms with Crippen molar-refractivity contribution < 1.29 is 36.8 Å². The molecule has 0 saturated carbocycles. The van der Waals surface area contributed by atoms with Gasteiger partial charge in [-0.2, -0.15) is 0 Å². The van der Waals surface area contributed by atoms with Gasteiger partial charge in [0, 0.05) is 19.1 Å². The van der Waals surface area contributed by atoms with Gasteiger partial charge in [-0.3, -0.25) is 0 Å². The number of carbonyl (C=O) groups is 1. The number of hydrogen-bond donors (Lipinski definition) is 1. The molecule has 8 nitrogen and oxygen atoms in total. The summed E-state index contributed by atoms with van der Waals surface area (Å²) in [7, 11) is 0.576. The van der Waals surface area contributed by atoms with Gasteiger partial charge in [-0.1, -0.05) is 12.1 Å². The van der Waals surface area contributed by atoms with Crippen LogP contribution in [0.4, 0.5) is 0 Å². The van der Waals surface area contributed by atoms with Gasteiger partial charge in [-0.05, 0) is 22.9 Å². The SMILES string of the molecule is CS(=O)(=O)[O-].C[N+]1(C)[C@@H]2CC(OC(=O)C(O)(c3cccs3)c3cccs3)C[C@H]1[C@@H]1O[C@@H]12. The maximum atomic E-state index is 13.1. The Morgan fingerprint density at radius 2 is 1.61 bits per heavy atom. The second-order valence-electron chi connectivity index (χ2n) is 8.70. The van der Waals surface area contributed by atoms with Crippen molar-refractivity contribution in [3.05, 3.63) is 44.8 Å². The highest BCUT2D eigenvalue weighted by atomic mass is 32.2. The van der Waals surface area contributed by atoms with Crippen LogP contribution >= 0.6 is 22.7 Å². The van der Waals surface area contributed by atoms with E-state index in [0.29, 0.717) is 40.3 Å². The Labute approximate surface area is 189 Å². The van der Waals surface area contributed by atoms with E-state index in [1.807, 2.05) is 22.9 Å². The van der Waals surface area contributed by atoms with Crippen molar-refractivity contribution >= 4 is 38.8 Å². The number of fused-ring (bicyclic) bond motifs is 5. The molecule has 1 N–H and O–H groups in total. The predicted molar refractivity (Wildman–Crippen MR) is 115 cm³/mol. The van der Waals surface area contributed by atoms with Crippen molar-refractivity contribution in [2.45, 2.75) is 48.8 Å². The van der Waals surface area contributed by atoms with Crippen LogP contribution in [0.15, 0.2) is 35.0 Å². The fourth-order valence-electron chi connectivity index (χ4n) is 4.83. The van der Waals surface area contributed by atoms with Crippen molar-refractivity contribution in [2.75, 3.05) is 20.4 Å². The Balaban J connectivity index is 0.000000418. The normalized spacial score (nSPS) is 30.7. The number of hydrogen-bond acceptors (Lipinski definition) is 9. The topological polar surface area (TPSA) is 116 Å². The van der Waals surface area contributed by atoms with Gasteiger partial charge < -0.3 is 23.6 Å². The summed E-state index contributed by atoms with van der Waals surface area (Å²) < 4.78 is 39.9. The van der Waals surface area contributed by atoms with Crippen molar-refractivity contribution in [1.29, 1.82) is 0 Å². The highest BCUT2D eigenvalue weighted by Crippen LogP contribution is 2.52. The van der Waals surface area contributed by atoms with Gasteiger partial charge in [-0.15, -0.1) is 22.7 Å². The Hall–Kier alpha value is -1.34. The molecule has 11 heteroatoms. The van der Waals surface area contributed by atoms with Crippen molar-refractivity contribution in [2.24, 2.45) is 0 Å². The van der Waals surface area contributed by atoms with Gasteiger partial charge in [0.05, 0.1) is 34.0 Å². The Morgan fingerprint density at radius 1 is 1.16 bits per heavy atom. The van der Waals surface area contributed by atoms with E-state index in [2.05, 4.69) is 14.1 Å². The Morgan fingerprint density at radius 3 is 2.00 bits per heavy atom. The van der Waals surface area contributed by atoms with Crippen molar-refractivity contribution in [3.63, 3.8) is 0 Å². The molecule has 2 bridgehead atoms. The van der Waals surface area contributed by atoms with E-state index in [-0.39, 0.29) is 6.10 Å². The molecule has 0 aliphatic carbocycles. The Kier molecular flexibility index (Phi) is 5.83. The molecule has 5 heterocycles. The third-order valence-electron chi connectivity index (χ3n) is 6.36. The van der Waals surface area contributed by atoms with Crippen LogP contribution in [0.1, 0.15) is 22.6 Å². The lowest BCUT2D eigenvalue weighted by Crippen LogP contribution is -2.60. The number of likely N-dealkylation sites (N-methyl/N-ethyl adjacent to an activating group) is 1. The fourth-order valence-corrected chi connectivity index (χ4v) is 6.54. The summed E-state index contributed by atoms with van der Waals surface area (Å²) in [5.74, 6) is -0.561. The van der Waals surface area contributed by atoms with E-state index in [1.165, 1.54) is 22.7 Å². The monoisotopic (exact) mass is 487 g/mol. The van der Waals surface area contributed by atoms with Gasteiger partial charge in [0.25, 0.3) is 0 Å². The van der Waals surface area contributed by atoms with E-state index < -0.39 is 21.7 Å². The summed E-state index contributed by atoms with van der Waals surface area (Å²) >= 11 is 2.74. The third kappa shape index (κ3) is 4.32. The quantitative estimate of drug-likeness (QED) is 0.301. The lowest BCUT2D eigenvalue weighted by molar-refractivity contribution is -0.938. The minimum atomic E-state index is -3.92. The molecule has 0 radical (unpaired) electrons. The van der Waals surface area contributed by atoms with Crippen LogP contribution in [-0.4, -0.2) is 79.3 Å². The minimum absolute atomic E-state index is 0.161. The molecule has 5 atom stereocenters. The zero-order valence-corrected chi connectivity index (χ0v) is 19.8. The minimum Gasteiger partial charge on any atom is -0.748 e. The first-order valence-corrected chi connectivity index (χ1v) is 13.4. The summed E-state index contributed by atoms with van der Waals surface area (Å²) in [5, 5.41) is 15.1. The summed E-state index contributed by atoms with van der Waals surface area (Å²) in [6, 6.07) is 8.01. The van der Waals surface area contributed by atoms with Crippen molar-refractivity contribution in [1.82, 2.24) is 0 Å². The molecule has 31 heavy (non-hydrogen) atoms. The molecule has 3 aliphatic rings. The molecule has 3 fully saturated rings.